The average Bonchev–Trinajstić information content (AvgIpc) is 2.91. The van der Waals surface area contributed by atoms with Crippen molar-refractivity contribution in [2.24, 2.45) is 0 Å². The molecule has 8 nitrogen and oxygen atoms in total. The second kappa shape index (κ2) is 6.72. The molecule has 0 bridgehead atoms. The zero-order valence-corrected chi connectivity index (χ0v) is 14.2. The van der Waals surface area contributed by atoms with Crippen LogP contribution in [0, 0.1) is 13.8 Å². The van der Waals surface area contributed by atoms with Gasteiger partial charge in [-0.25, -0.2) is 9.50 Å². The minimum Gasteiger partial charge on any atom is -0.342 e. The molecule has 0 N–H and O–H groups in total. The fourth-order valence-corrected chi connectivity index (χ4v) is 2.38. The van der Waals surface area contributed by atoms with Gasteiger partial charge in [-0.2, -0.15) is 4.98 Å². The summed E-state index contributed by atoms with van der Waals surface area (Å²) in [6.07, 6.45) is 0. The molecule has 0 aliphatic heterocycles. The Hall–Kier alpha value is -2.51. The molecule has 2 amide bonds. The van der Waals surface area contributed by atoms with Crippen molar-refractivity contribution in [2.75, 3.05) is 26.7 Å². The molecule has 0 unspecified atom stereocenters. The molecule has 0 aliphatic rings. The summed E-state index contributed by atoms with van der Waals surface area (Å²) in [6, 6.07) is 1.86. The van der Waals surface area contributed by atoms with Gasteiger partial charge in [0.15, 0.2) is 0 Å². The van der Waals surface area contributed by atoms with E-state index in [4.69, 9.17) is 0 Å². The van der Waals surface area contributed by atoms with Crippen molar-refractivity contribution >= 4 is 17.6 Å². The van der Waals surface area contributed by atoms with E-state index < -0.39 is 5.91 Å². The Labute approximate surface area is 135 Å². The molecule has 23 heavy (non-hydrogen) atoms. The molecular formula is C15H22N6O2. The minimum atomic E-state index is -0.395. The van der Waals surface area contributed by atoms with Crippen LogP contribution in [0.1, 0.15) is 35.9 Å². The van der Waals surface area contributed by atoms with Crippen LogP contribution in [-0.2, 0) is 4.79 Å². The van der Waals surface area contributed by atoms with Crippen LogP contribution in [0.3, 0.4) is 0 Å². The lowest BCUT2D eigenvalue weighted by atomic mass is 10.4. The summed E-state index contributed by atoms with van der Waals surface area (Å²) >= 11 is 0. The lowest BCUT2D eigenvalue weighted by molar-refractivity contribution is -0.131. The van der Waals surface area contributed by atoms with Crippen LogP contribution in [0.4, 0.5) is 0 Å². The monoisotopic (exact) mass is 318 g/mol. The molecule has 8 heteroatoms. The highest BCUT2D eigenvalue weighted by Gasteiger charge is 2.22. The first-order valence-electron chi connectivity index (χ1n) is 7.61. The van der Waals surface area contributed by atoms with E-state index in [9.17, 15) is 9.59 Å². The second-order valence-corrected chi connectivity index (χ2v) is 5.41. The zero-order valence-electron chi connectivity index (χ0n) is 14.2. The normalized spacial score (nSPS) is 10.8. The molecule has 0 radical (unpaired) electrons. The van der Waals surface area contributed by atoms with Gasteiger partial charge in [0.2, 0.25) is 11.7 Å². The number of likely N-dealkylation sites (N-methyl/N-ethyl adjacent to an activating group) is 2. The molecule has 0 atom stereocenters. The quantitative estimate of drug-likeness (QED) is 0.809. The average molecular weight is 318 g/mol. The van der Waals surface area contributed by atoms with Crippen LogP contribution in [-0.4, -0.2) is 67.9 Å². The lowest BCUT2D eigenvalue weighted by Crippen LogP contribution is -2.41. The predicted octanol–water partition coefficient (Wildman–Crippen LogP) is 0.682. The van der Waals surface area contributed by atoms with Crippen LogP contribution < -0.4 is 0 Å². The van der Waals surface area contributed by atoms with Crippen LogP contribution in [0.15, 0.2) is 6.07 Å². The highest BCUT2D eigenvalue weighted by Crippen LogP contribution is 2.07. The summed E-state index contributed by atoms with van der Waals surface area (Å²) in [4.78, 5) is 36.0. The van der Waals surface area contributed by atoms with Gasteiger partial charge < -0.3 is 9.80 Å². The van der Waals surface area contributed by atoms with Gasteiger partial charge in [0.1, 0.15) is 0 Å². The SMILES string of the molecule is CCN(CC)C(=O)CN(C)C(=O)c1nc2nc(C)cc(C)n2n1. The summed E-state index contributed by atoms with van der Waals surface area (Å²) in [6.45, 7) is 8.78. The number of carbonyl (C=O) groups excluding carboxylic acids is 2. The van der Waals surface area contributed by atoms with E-state index in [1.807, 2.05) is 33.8 Å². The molecule has 0 spiro atoms. The molecule has 2 heterocycles. The zero-order chi connectivity index (χ0) is 17.1. The Morgan fingerprint density at radius 2 is 1.83 bits per heavy atom. The summed E-state index contributed by atoms with van der Waals surface area (Å²) in [7, 11) is 1.57. The Kier molecular flexibility index (Phi) is 4.92. The van der Waals surface area contributed by atoms with Crippen molar-refractivity contribution < 1.29 is 9.59 Å². The fraction of sp³-hybridized carbons (Fsp3) is 0.533. The molecule has 2 aromatic heterocycles. The van der Waals surface area contributed by atoms with Crippen LogP contribution in [0.2, 0.25) is 0 Å². The first kappa shape index (κ1) is 16.9. The maximum absolute atomic E-state index is 12.4. The van der Waals surface area contributed by atoms with E-state index in [-0.39, 0.29) is 18.3 Å². The highest BCUT2D eigenvalue weighted by molar-refractivity contribution is 5.93. The van der Waals surface area contributed by atoms with Gasteiger partial charge in [0, 0.05) is 31.5 Å². The number of fused-ring (bicyclic) bond motifs is 1. The third-order valence-corrected chi connectivity index (χ3v) is 3.64. The number of hydrogen-bond acceptors (Lipinski definition) is 5. The highest BCUT2D eigenvalue weighted by atomic mass is 16.2. The van der Waals surface area contributed by atoms with Gasteiger partial charge in [-0.05, 0) is 33.8 Å². The van der Waals surface area contributed by atoms with Gasteiger partial charge in [-0.15, -0.1) is 5.10 Å². The van der Waals surface area contributed by atoms with E-state index in [0.29, 0.717) is 18.9 Å². The second-order valence-electron chi connectivity index (χ2n) is 5.41. The van der Waals surface area contributed by atoms with Crippen molar-refractivity contribution in [2.45, 2.75) is 27.7 Å². The number of rotatable bonds is 5. The van der Waals surface area contributed by atoms with E-state index in [0.717, 1.165) is 11.4 Å². The molecule has 2 rings (SSSR count). The Morgan fingerprint density at radius 3 is 2.43 bits per heavy atom. The van der Waals surface area contributed by atoms with E-state index in [1.54, 1.807) is 11.9 Å². The molecule has 0 saturated heterocycles. The smallest absolute Gasteiger partial charge is 0.293 e. The molecule has 0 fully saturated rings. The number of amides is 2. The molecule has 0 aliphatic carbocycles. The Bertz CT molecular complexity index is 735. The van der Waals surface area contributed by atoms with Crippen molar-refractivity contribution in [3.05, 3.63) is 23.3 Å². The third kappa shape index (κ3) is 3.46. The third-order valence-electron chi connectivity index (χ3n) is 3.64. The number of aryl methyl sites for hydroxylation is 2. The molecule has 2 aromatic rings. The first-order chi connectivity index (χ1) is 10.9. The maximum Gasteiger partial charge on any atom is 0.293 e. The summed E-state index contributed by atoms with van der Waals surface area (Å²) in [5.74, 6) is -0.0665. The molecule has 124 valence electrons. The summed E-state index contributed by atoms with van der Waals surface area (Å²) < 4.78 is 1.53. The maximum atomic E-state index is 12.4. The van der Waals surface area contributed by atoms with Gasteiger partial charge in [0.25, 0.3) is 11.7 Å². The molecule has 0 aromatic carbocycles. The van der Waals surface area contributed by atoms with Crippen LogP contribution >= 0.6 is 0 Å². The number of aromatic nitrogens is 4. The fourth-order valence-electron chi connectivity index (χ4n) is 2.38. The number of nitrogens with zero attached hydrogens (tertiary/aromatic N) is 6. The van der Waals surface area contributed by atoms with Crippen LogP contribution in [0.5, 0.6) is 0 Å². The van der Waals surface area contributed by atoms with Crippen molar-refractivity contribution in [1.82, 2.24) is 29.4 Å². The topological polar surface area (TPSA) is 83.7 Å². The van der Waals surface area contributed by atoms with Gasteiger partial charge in [-0.1, -0.05) is 0 Å². The van der Waals surface area contributed by atoms with Crippen molar-refractivity contribution in [3.63, 3.8) is 0 Å². The summed E-state index contributed by atoms with van der Waals surface area (Å²) in [5.41, 5.74) is 1.66. The summed E-state index contributed by atoms with van der Waals surface area (Å²) in [5, 5.41) is 4.19. The Balaban J connectivity index is 2.20. The predicted molar refractivity (Wildman–Crippen MR) is 85.1 cm³/mol. The largest absolute Gasteiger partial charge is 0.342 e. The van der Waals surface area contributed by atoms with Gasteiger partial charge >= 0.3 is 0 Å². The van der Waals surface area contributed by atoms with Gasteiger partial charge in [0.05, 0.1) is 6.54 Å². The van der Waals surface area contributed by atoms with E-state index >= 15 is 0 Å². The van der Waals surface area contributed by atoms with E-state index in [2.05, 4.69) is 15.1 Å². The first-order valence-corrected chi connectivity index (χ1v) is 7.61. The van der Waals surface area contributed by atoms with E-state index in [1.165, 1.54) is 9.42 Å². The van der Waals surface area contributed by atoms with Crippen molar-refractivity contribution in [1.29, 1.82) is 0 Å². The Morgan fingerprint density at radius 1 is 1.17 bits per heavy atom. The molecule has 0 saturated carbocycles. The number of carbonyl (C=O) groups is 2. The lowest BCUT2D eigenvalue weighted by Gasteiger charge is -2.22. The van der Waals surface area contributed by atoms with Gasteiger partial charge in [-0.3, -0.25) is 9.59 Å². The number of hydrogen-bond donors (Lipinski definition) is 0. The molecular weight excluding hydrogens is 296 g/mol. The minimum absolute atomic E-state index is 0.00149. The van der Waals surface area contributed by atoms with Crippen molar-refractivity contribution in [3.8, 4) is 0 Å². The standard InChI is InChI=1S/C15H22N6O2/c1-6-20(7-2)12(22)9-19(5)14(23)13-17-15-16-10(3)8-11(4)21(15)18-13/h8H,6-7,9H2,1-5H3. The van der Waals surface area contributed by atoms with Crippen LogP contribution in [0.25, 0.3) is 5.78 Å².